The smallest absolute Gasteiger partial charge is 0.198 e. The molecule has 2 aromatic heterocycles. The van der Waals surface area contributed by atoms with E-state index in [2.05, 4.69) is 18.1 Å². The number of nitrogens with zero attached hydrogens (tertiary/aromatic N) is 3. The molecule has 3 rings (SSSR count). The van der Waals surface area contributed by atoms with Crippen LogP contribution in [-0.2, 0) is 0 Å². The van der Waals surface area contributed by atoms with Crippen molar-refractivity contribution in [2.45, 2.75) is 18.9 Å². The van der Waals surface area contributed by atoms with Gasteiger partial charge in [0.15, 0.2) is 5.88 Å². The lowest BCUT2D eigenvalue weighted by Gasteiger charge is -2.16. The molecule has 90 valence electrons. The second-order valence-electron chi connectivity index (χ2n) is 4.60. The molecular weight excluding hydrogens is 214 g/mol. The van der Waals surface area contributed by atoms with Gasteiger partial charge in [-0.05, 0) is 38.6 Å². The summed E-state index contributed by atoms with van der Waals surface area (Å²) in [7, 11) is 3.86. The van der Waals surface area contributed by atoms with Crippen molar-refractivity contribution in [3.05, 3.63) is 30.1 Å². The van der Waals surface area contributed by atoms with E-state index >= 15 is 0 Å². The zero-order valence-electron chi connectivity index (χ0n) is 10.3. The monoisotopic (exact) mass is 231 g/mol. The van der Waals surface area contributed by atoms with Crippen LogP contribution in [0, 0.1) is 0 Å². The third-order valence-electron chi connectivity index (χ3n) is 3.54. The van der Waals surface area contributed by atoms with Crippen LogP contribution < -0.4 is 4.74 Å². The van der Waals surface area contributed by atoms with E-state index in [9.17, 15) is 0 Å². The third-order valence-corrected chi connectivity index (χ3v) is 3.54. The summed E-state index contributed by atoms with van der Waals surface area (Å²) in [6.45, 7) is 1.16. The van der Waals surface area contributed by atoms with Crippen molar-refractivity contribution in [2.75, 3.05) is 20.7 Å². The molecule has 1 fully saturated rings. The summed E-state index contributed by atoms with van der Waals surface area (Å²) in [6.07, 6.45) is 4.55. The minimum absolute atomic E-state index is 0.458. The third kappa shape index (κ3) is 1.69. The molecule has 17 heavy (non-hydrogen) atoms. The molecule has 0 spiro atoms. The van der Waals surface area contributed by atoms with Crippen LogP contribution in [-0.4, -0.2) is 35.0 Å². The SMILES string of the molecule is COc1cccc2nc(C3CCCN3C)cn12. The number of hydrogen-bond donors (Lipinski definition) is 0. The van der Waals surface area contributed by atoms with Gasteiger partial charge in [0.2, 0.25) is 0 Å². The van der Waals surface area contributed by atoms with Crippen LogP contribution in [0.1, 0.15) is 24.6 Å². The number of ether oxygens (including phenoxy) is 1. The Hall–Kier alpha value is -1.55. The van der Waals surface area contributed by atoms with Crippen LogP contribution in [0.25, 0.3) is 5.65 Å². The molecule has 0 aliphatic carbocycles. The summed E-state index contributed by atoms with van der Waals surface area (Å²) in [4.78, 5) is 7.06. The van der Waals surface area contributed by atoms with E-state index in [0.717, 1.165) is 23.8 Å². The first-order valence-corrected chi connectivity index (χ1v) is 6.02. The zero-order chi connectivity index (χ0) is 11.8. The van der Waals surface area contributed by atoms with Crippen molar-refractivity contribution in [2.24, 2.45) is 0 Å². The Balaban J connectivity index is 2.07. The van der Waals surface area contributed by atoms with Crippen LogP contribution in [0.4, 0.5) is 0 Å². The maximum atomic E-state index is 5.34. The highest BCUT2D eigenvalue weighted by atomic mass is 16.5. The molecule has 0 amide bonds. The van der Waals surface area contributed by atoms with Gasteiger partial charge in [-0.25, -0.2) is 4.98 Å². The molecule has 0 N–H and O–H groups in total. The topological polar surface area (TPSA) is 29.8 Å². The highest BCUT2D eigenvalue weighted by Gasteiger charge is 2.25. The first kappa shape index (κ1) is 10.6. The van der Waals surface area contributed by atoms with Gasteiger partial charge in [-0.1, -0.05) is 6.07 Å². The zero-order valence-corrected chi connectivity index (χ0v) is 10.3. The molecule has 1 aliphatic rings. The Bertz CT molecular complexity index is 534. The van der Waals surface area contributed by atoms with Gasteiger partial charge in [0.05, 0.1) is 18.8 Å². The molecule has 4 heteroatoms. The fraction of sp³-hybridized carbons (Fsp3) is 0.462. The summed E-state index contributed by atoms with van der Waals surface area (Å²) in [5, 5.41) is 0. The van der Waals surface area contributed by atoms with Crippen molar-refractivity contribution in [1.29, 1.82) is 0 Å². The standard InChI is InChI=1S/C13H17N3O/c1-15-8-4-5-11(15)10-9-16-12(14-10)6-3-7-13(16)17-2/h3,6-7,9,11H,4-5,8H2,1-2H3. The fourth-order valence-corrected chi connectivity index (χ4v) is 2.62. The van der Waals surface area contributed by atoms with Gasteiger partial charge in [0, 0.05) is 6.20 Å². The van der Waals surface area contributed by atoms with Crippen LogP contribution >= 0.6 is 0 Å². The van der Waals surface area contributed by atoms with Gasteiger partial charge >= 0.3 is 0 Å². The molecule has 1 aliphatic heterocycles. The minimum atomic E-state index is 0.458. The summed E-state index contributed by atoms with van der Waals surface area (Å²) < 4.78 is 7.36. The van der Waals surface area contributed by atoms with E-state index in [1.807, 2.05) is 22.6 Å². The van der Waals surface area contributed by atoms with E-state index in [0.29, 0.717) is 6.04 Å². The Kier molecular flexibility index (Phi) is 2.52. The van der Waals surface area contributed by atoms with Gasteiger partial charge in [-0.15, -0.1) is 0 Å². The van der Waals surface area contributed by atoms with Gasteiger partial charge in [-0.3, -0.25) is 9.30 Å². The number of fused-ring (bicyclic) bond motifs is 1. The van der Waals surface area contributed by atoms with Gasteiger partial charge in [0.25, 0.3) is 0 Å². The molecular formula is C13H17N3O. The van der Waals surface area contributed by atoms with Crippen molar-refractivity contribution < 1.29 is 4.74 Å². The number of methoxy groups -OCH3 is 1. The van der Waals surface area contributed by atoms with E-state index < -0.39 is 0 Å². The number of hydrogen-bond acceptors (Lipinski definition) is 3. The van der Waals surface area contributed by atoms with Crippen molar-refractivity contribution in [3.63, 3.8) is 0 Å². The largest absolute Gasteiger partial charge is 0.482 e. The molecule has 1 saturated heterocycles. The first-order chi connectivity index (χ1) is 8.29. The van der Waals surface area contributed by atoms with Crippen LogP contribution in [0.5, 0.6) is 5.88 Å². The van der Waals surface area contributed by atoms with Crippen molar-refractivity contribution >= 4 is 5.65 Å². The van der Waals surface area contributed by atoms with E-state index in [4.69, 9.17) is 9.72 Å². The van der Waals surface area contributed by atoms with E-state index in [-0.39, 0.29) is 0 Å². The lowest BCUT2D eigenvalue weighted by molar-refractivity contribution is 0.312. The van der Waals surface area contributed by atoms with Crippen LogP contribution in [0.2, 0.25) is 0 Å². The molecule has 2 aromatic rings. The number of imidazole rings is 1. The second kappa shape index (κ2) is 4.04. The Morgan fingerprint density at radius 2 is 2.29 bits per heavy atom. The average molecular weight is 231 g/mol. The predicted molar refractivity (Wildman–Crippen MR) is 66.3 cm³/mol. The van der Waals surface area contributed by atoms with Crippen LogP contribution in [0.15, 0.2) is 24.4 Å². The second-order valence-corrected chi connectivity index (χ2v) is 4.60. The minimum Gasteiger partial charge on any atom is -0.482 e. The van der Waals surface area contributed by atoms with Gasteiger partial charge < -0.3 is 4.74 Å². The molecule has 0 radical (unpaired) electrons. The number of rotatable bonds is 2. The summed E-state index contributed by atoms with van der Waals surface area (Å²) in [6, 6.07) is 6.40. The Morgan fingerprint density at radius 3 is 3.00 bits per heavy atom. The molecule has 3 heterocycles. The van der Waals surface area contributed by atoms with Crippen LogP contribution in [0.3, 0.4) is 0 Å². The molecule has 0 aromatic carbocycles. The average Bonchev–Trinajstić information content (AvgIpc) is 2.93. The summed E-state index contributed by atoms with van der Waals surface area (Å²) in [5.41, 5.74) is 2.11. The van der Waals surface area contributed by atoms with Crippen molar-refractivity contribution in [3.8, 4) is 5.88 Å². The highest BCUT2D eigenvalue weighted by molar-refractivity contribution is 5.44. The normalized spacial score (nSPS) is 21.2. The maximum absolute atomic E-state index is 5.34. The summed E-state index contributed by atoms with van der Waals surface area (Å²) >= 11 is 0. The maximum Gasteiger partial charge on any atom is 0.198 e. The van der Waals surface area contributed by atoms with Gasteiger partial charge in [-0.2, -0.15) is 0 Å². The van der Waals surface area contributed by atoms with Crippen molar-refractivity contribution in [1.82, 2.24) is 14.3 Å². The quantitative estimate of drug-likeness (QED) is 0.793. The fourth-order valence-electron chi connectivity index (χ4n) is 2.62. The number of likely N-dealkylation sites (tertiary alicyclic amines) is 1. The number of aromatic nitrogens is 2. The first-order valence-electron chi connectivity index (χ1n) is 6.02. The van der Waals surface area contributed by atoms with E-state index in [1.165, 1.54) is 12.8 Å². The Labute approximate surface area is 101 Å². The predicted octanol–water partition coefficient (Wildman–Crippen LogP) is 2.11. The summed E-state index contributed by atoms with van der Waals surface area (Å²) in [5.74, 6) is 0.835. The lowest BCUT2D eigenvalue weighted by Crippen LogP contribution is -2.17. The molecule has 0 bridgehead atoms. The highest BCUT2D eigenvalue weighted by Crippen LogP contribution is 2.30. The molecule has 0 saturated carbocycles. The molecule has 1 atom stereocenters. The molecule has 4 nitrogen and oxygen atoms in total. The van der Waals surface area contributed by atoms with E-state index in [1.54, 1.807) is 7.11 Å². The Morgan fingerprint density at radius 1 is 1.41 bits per heavy atom. The number of pyridine rings is 1. The van der Waals surface area contributed by atoms with Gasteiger partial charge in [0.1, 0.15) is 5.65 Å². The molecule has 1 unspecified atom stereocenters. The lowest BCUT2D eigenvalue weighted by atomic mass is 10.2.